The van der Waals surface area contributed by atoms with Crippen molar-refractivity contribution in [1.29, 1.82) is 0 Å². The summed E-state index contributed by atoms with van der Waals surface area (Å²) in [5, 5.41) is 20.6. The summed E-state index contributed by atoms with van der Waals surface area (Å²) in [6.07, 6.45) is 0. The van der Waals surface area contributed by atoms with Crippen LogP contribution in [0.2, 0.25) is 5.02 Å². The van der Waals surface area contributed by atoms with Crippen LogP contribution in [0.25, 0.3) is 5.82 Å². The Morgan fingerprint density at radius 3 is 2.64 bits per heavy atom. The number of nitrogens with zero attached hydrogens (tertiary/aromatic N) is 7. The summed E-state index contributed by atoms with van der Waals surface area (Å²) in [5.41, 5.74) is 11.3. The molecule has 1 aliphatic heterocycles. The number of hydrogen-bond acceptors (Lipinski definition) is 11. The number of carbonyl (C=O) groups is 1. The molecule has 0 atom stereocenters. The summed E-state index contributed by atoms with van der Waals surface area (Å²) >= 11 is 6.20. The molecule has 5 rings (SSSR count). The van der Waals surface area contributed by atoms with Gasteiger partial charge < -0.3 is 15.2 Å². The van der Waals surface area contributed by atoms with Crippen molar-refractivity contribution in [2.45, 2.75) is 20.1 Å². The lowest BCUT2D eigenvalue weighted by atomic mass is 10.1. The fraction of sp³-hybridized carbons (Fsp3) is 0.280. The second-order valence-electron chi connectivity index (χ2n) is 8.70. The molecule has 3 heterocycles. The van der Waals surface area contributed by atoms with Crippen LogP contribution in [0, 0.1) is 0 Å². The van der Waals surface area contributed by atoms with Crippen LogP contribution in [-0.2, 0) is 17.9 Å². The zero-order valence-corrected chi connectivity index (χ0v) is 21.8. The number of nitrogens with one attached hydrogen (secondary N) is 1. The number of nitrogens with two attached hydrogens (primary N) is 1. The van der Waals surface area contributed by atoms with E-state index in [0.717, 1.165) is 11.1 Å². The van der Waals surface area contributed by atoms with Gasteiger partial charge in [0.15, 0.2) is 5.69 Å². The number of hydrazone groups is 1. The molecular weight excluding hydrogens is 526 g/mol. The van der Waals surface area contributed by atoms with E-state index < -0.39 is 5.91 Å². The minimum Gasteiger partial charge on any atom is -0.489 e. The fourth-order valence-corrected chi connectivity index (χ4v) is 4.12. The lowest BCUT2D eigenvalue weighted by Gasteiger charge is -2.25. The number of hydrogen-bond donors (Lipinski definition) is 2. The van der Waals surface area contributed by atoms with Gasteiger partial charge in [0.2, 0.25) is 11.6 Å². The van der Waals surface area contributed by atoms with Crippen LogP contribution in [-0.4, -0.2) is 68.1 Å². The average molecular weight is 552 g/mol. The number of benzene rings is 2. The molecule has 0 spiro atoms. The van der Waals surface area contributed by atoms with Gasteiger partial charge in [0.05, 0.1) is 18.9 Å². The van der Waals surface area contributed by atoms with Gasteiger partial charge in [-0.3, -0.25) is 9.69 Å². The molecule has 2 aromatic heterocycles. The highest BCUT2D eigenvalue weighted by Gasteiger charge is 2.26. The number of halogens is 1. The SMILES string of the molecule is C/C(=N\NC(=O)c1c(CN2CCOCC2)nnn1-c1nonc1N)c1ccc(OCc2ccccc2Cl)cc1. The molecule has 0 bridgehead atoms. The monoisotopic (exact) mass is 551 g/mol. The first kappa shape index (κ1) is 26.3. The third-order valence-electron chi connectivity index (χ3n) is 6.08. The molecule has 0 aliphatic carbocycles. The van der Waals surface area contributed by atoms with E-state index in [4.69, 9.17) is 31.4 Å². The Balaban J connectivity index is 1.29. The van der Waals surface area contributed by atoms with Crippen LogP contribution in [0.4, 0.5) is 5.82 Å². The topological polar surface area (TPSA) is 159 Å². The van der Waals surface area contributed by atoms with Gasteiger partial charge in [-0.25, -0.2) is 10.1 Å². The molecule has 4 aromatic rings. The van der Waals surface area contributed by atoms with Gasteiger partial charge in [-0.05, 0) is 53.1 Å². The van der Waals surface area contributed by atoms with Crippen molar-refractivity contribution in [3.63, 3.8) is 0 Å². The van der Waals surface area contributed by atoms with E-state index in [1.165, 1.54) is 4.68 Å². The van der Waals surface area contributed by atoms with Crippen LogP contribution in [0.3, 0.4) is 0 Å². The van der Waals surface area contributed by atoms with E-state index in [0.29, 0.717) is 61.6 Å². The Bertz CT molecular complexity index is 1460. The van der Waals surface area contributed by atoms with Crippen LogP contribution >= 0.6 is 11.6 Å². The van der Waals surface area contributed by atoms with Gasteiger partial charge in [0.1, 0.15) is 18.1 Å². The Kier molecular flexibility index (Phi) is 8.10. The lowest BCUT2D eigenvalue weighted by molar-refractivity contribution is 0.0335. The number of nitrogen functional groups attached to an aromatic ring is 1. The maximum absolute atomic E-state index is 13.3. The van der Waals surface area contributed by atoms with Gasteiger partial charge >= 0.3 is 0 Å². The first-order valence-electron chi connectivity index (χ1n) is 12.1. The third-order valence-corrected chi connectivity index (χ3v) is 6.45. The summed E-state index contributed by atoms with van der Waals surface area (Å²) in [4.78, 5) is 15.4. The van der Waals surface area contributed by atoms with Crippen LogP contribution < -0.4 is 15.9 Å². The summed E-state index contributed by atoms with van der Waals surface area (Å²) < 4.78 is 17.1. The smallest absolute Gasteiger partial charge is 0.292 e. The summed E-state index contributed by atoms with van der Waals surface area (Å²) in [5.74, 6) is 0.180. The first-order chi connectivity index (χ1) is 19.0. The van der Waals surface area contributed by atoms with E-state index in [1.807, 2.05) is 48.5 Å². The molecule has 39 heavy (non-hydrogen) atoms. The highest BCUT2D eigenvalue weighted by atomic mass is 35.5. The van der Waals surface area contributed by atoms with Gasteiger partial charge in [0.25, 0.3) is 5.91 Å². The fourth-order valence-electron chi connectivity index (χ4n) is 3.92. The summed E-state index contributed by atoms with van der Waals surface area (Å²) in [6, 6.07) is 14.9. The van der Waals surface area contributed by atoms with Crippen molar-refractivity contribution in [3.05, 3.63) is 76.1 Å². The Morgan fingerprint density at radius 2 is 1.92 bits per heavy atom. The second kappa shape index (κ2) is 12.0. The Hall–Kier alpha value is -4.33. The zero-order chi connectivity index (χ0) is 27.2. The molecule has 1 saturated heterocycles. The molecule has 0 unspecified atom stereocenters. The molecule has 1 aliphatic rings. The predicted molar refractivity (Wildman–Crippen MR) is 142 cm³/mol. The maximum atomic E-state index is 13.3. The van der Waals surface area contributed by atoms with E-state index in [2.05, 4.69) is 36.1 Å². The lowest BCUT2D eigenvalue weighted by Crippen LogP contribution is -2.36. The van der Waals surface area contributed by atoms with Crippen molar-refractivity contribution in [3.8, 4) is 11.6 Å². The minimum atomic E-state index is -0.537. The number of aromatic nitrogens is 5. The predicted octanol–water partition coefficient (Wildman–Crippen LogP) is 2.45. The zero-order valence-electron chi connectivity index (χ0n) is 21.1. The molecule has 3 N–H and O–H groups in total. The minimum absolute atomic E-state index is 0.0246. The molecule has 1 amide bonds. The number of morpholine rings is 1. The quantitative estimate of drug-likeness (QED) is 0.234. The summed E-state index contributed by atoms with van der Waals surface area (Å²) in [6.45, 7) is 5.13. The summed E-state index contributed by atoms with van der Waals surface area (Å²) in [7, 11) is 0. The number of rotatable bonds is 9. The molecule has 202 valence electrons. The van der Waals surface area contributed by atoms with E-state index in [-0.39, 0.29) is 17.3 Å². The normalized spacial score (nSPS) is 14.4. The van der Waals surface area contributed by atoms with Gasteiger partial charge in [-0.2, -0.15) is 9.78 Å². The molecule has 2 aromatic carbocycles. The van der Waals surface area contributed by atoms with Crippen molar-refractivity contribution in [2.24, 2.45) is 5.10 Å². The van der Waals surface area contributed by atoms with Crippen molar-refractivity contribution >= 4 is 29.0 Å². The largest absolute Gasteiger partial charge is 0.489 e. The van der Waals surface area contributed by atoms with Crippen molar-refractivity contribution in [2.75, 3.05) is 32.0 Å². The van der Waals surface area contributed by atoms with Crippen LogP contribution in [0.1, 0.15) is 34.2 Å². The average Bonchev–Trinajstić information content (AvgIpc) is 3.57. The van der Waals surface area contributed by atoms with E-state index >= 15 is 0 Å². The van der Waals surface area contributed by atoms with Gasteiger partial charge in [-0.1, -0.05) is 35.0 Å². The molecule has 1 fully saturated rings. The molecule has 0 radical (unpaired) electrons. The molecule has 13 nitrogen and oxygen atoms in total. The van der Waals surface area contributed by atoms with Crippen LogP contribution in [0.5, 0.6) is 5.75 Å². The van der Waals surface area contributed by atoms with Gasteiger partial charge in [0, 0.05) is 30.2 Å². The number of anilines is 1. The van der Waals surface area contributed by atoms with Crippen LogP contribution in [0.15, 0.2) is 58.3 Å². The number of amides is 1. The van der Waals surface area contributed by atoms with Crippen molar-refractivity contribution < 1.29 is 18.9 Å². The second-order valence-corrected chi connectivity index (χ2v) is 9.11. The molecule has 0 saturated carbocycles. The van der Waals surface area contributed by atoms with E-state index in [9.17, 15) is 4.79 Å². The maximum Gasteiger partial charge on any atom is 0.292 e. The van der Waals surface area contributed by atoms with E-state index in [1.54, 1.807) is 6.92 Å². The molecular formula is C25H26ClN9O4. The molecule has 14 heteroatoms. The Morgan fingerprint density at radius 1 is 1.15 bits per heavy atom. The number of carbonyl (C=O) groups excluding carboxylic acids is 1. The van der Waals surface area contributed by atoms with Gasteiger partial charge in [-0.15, -0.1) is 5.10 Å². The highest BCUT2D eigenvalue weighted by molar-refractivity contribution is 6.31. The first-order valence-corrected chi connectivity index (χ1v) is 12.5. The number of ether oxygens (including phenoxy) is 2. The third kappa shape index (κ3) is 6.22. The standard InChI is InChI=1S/C25H26ClN9O4/c1-16(17-6-8-19(9-7-17)38-15-18-4-2-3-5-20(18)26)28-30-25(36)22-21(14-34-10-12-37-13-11-34)29-33-35(22)24-23(27)31-39-32-24/h2-9H,10-15H2,1H3,(H2,27,31)(H,30,36)/b28-16+. The highest BCUT2D eigenvalue weighted by Crippen LogP contribution is 2.20. The van der Waals surface area contributed by atoms with Crippen molar-refractivity contribution in [1.82, 2.24) is 35.6 Å². The Labute approximate surface area is 228 Å².